The van der Waals surface area contributed by atoms with Gasteiger partial charge in [-0.2, -0.15) is 0 Å². The first-order valence-electron chi connectivity index (χ1n) is 7.62. The van der Waals surface area contributed by atoms with Crippen molar-refractivity contribution in [3.8, 4) is 0 Å². The molecule has 0 unspecified atom stereocenters. The van der Waals surface area contributed by atoms with Gasteiger partial charge in [-0.3, -0.25) is 4.79 Å². The Hall–Kier alpha value is -1.39. The number of hydrogen-bond donors (Lipinski definition) is 2. The molecule has 1 aromatic carbocycles. The average Bonchev–Trinajstić information content (AvgIpc) is 3.00. The highest BCUT2D eigenvalue weighted by molar-refractivity contribution is 5.81. The lowest BCUT2D eigenvalue weighted by Crippen LogP contribution is -2.46. The molecule has 0 radical (unpaired) electrons. The molecule has 1 saturated heterocycles. The van der Waals surface area contributed by atoms with Crippen molar-refractivity contribution < 1.29 is 14.6 Å². The largest absolute Gasteiger partial charge is 0.393 e. The van der Waals surface area contributed by atoms with Crippen LogP contribution >= 0.6 is 0 Å². The molecule has 1 heterocycles. The fourth-order valence-corrected chi connectivity index (χ4v) is 2.61. The van der Waals surface area contributed by atoms with Crippen molar-refractivity contribution in [3.63, 3.8) is 0 Å². The molecule has 1 aliphatic rings. The third-order valence-electron chi connectivity index (χ3n) is 4.35. The van der Waals surface area contributed by atoms with Crippen LogP contribution in [0.1, 0.15) is 32.3 Å². The van der Waals surface area contributed by atoms with E-state index in [9.17, 15) is 9.90 Å². The van der Waals surface area contributed by atoms with Gasteiger partial charge >= 0.3 is 0 Å². The van der Waals surface area contributed by atoms with E-state index in [1.54, 1.807) is 6.92 Å². The summed E-state index contributed by atoms with van der Waals surface area (Å²) < 4.78 is 5.38. The highest BCUT2D eigenvalue weighted by Crippen LogP contribution is 2.26. The summed E-state index contributed by atoms with van der Waals surface area (Å²) in [4.78, 5) is 12.0. The molecule has 0 spiro atoms. The molecule has 0 bridgehead atoms. The molecule has 0 aromatic heterocycles. The molecule has 3 atom stereocenters. The number of rotatable bonds is 6. The van der Waals surface area contributed by atoms with Gasteiger partial charge in [0.05, 0.1) is 6.10 Å². The fraction of sp³-hybridized carbons (Fsp3) is 0.588. The van der Waals surface area contributed by atoms with E-state index in [1.165, 1.54) is 0 Å². The molecule has 0 saturated carbocycles. The zero-order valence-electron chi connectivity index (χ0n) is 12.8. The van der Waals surface area contributed by atoms with Gasteiger partial charge in [-0.15, -0.1) is 0 Å². The van der Waals surface area contributed by atoms with Crippen LogP contribution in [-0.2, 0) is 16.0 Å². The Morgan fingerprint density at radius 2 is 2.19 bits per heavy atom. The van der Waals surface area contributed by atoms with Crippen LogP contribution in [0.25, 0.3) is 0 Å². The van der Waals surface area contributed by atoms with E-state index in [0.717, 1.165) is 24.8 Å². The molecule has 2 rings (SSSR count). The van der Waals surface area contributed by atoms with Crippen molar-refractivity contribution in [1.29, 1.82) is 0 Å². The highest BCUT2D eigenvalue weighted by Gasteiger charge is 2.32. The maximum Gasteiger partial charge on any atom is 0.249 e. The van der Waals surface area contributed by atoms with E-state index in [-0.39, 0.29) is 12.0 Å². The van der Waals surface area contributed by atoms with Gasteiger partial charge in [0.1, 0.15) is 6.10 Å². The summed E-state index contributed by atoms with van der Waals surface area (Å²) in [5.74, 6) is -0.0626. The molecule has 4 heteroatoms. The van der Waals surface area contributed by atoms with Crippen LogP contribution < -0.4 is 5.32 Å². The second kappa shape index (κ2) is 7.05. The van der Waals surface area contributed by atoms with Gasteiger partial charge in [0.2, 0.25) is 5.91 Å². The Morgan fingerprint density at radius 3 is 2.76 bits per heavy atom. The van der Waals surface area contributed by atoms with E-state index in [0.29, 0.717) is 13.2 Å². The summed E-state index contributed by atoms with van der Waals surface area (Å²) in [5.41, 5.74) is 0.766. The number of benzene rings is 1. The number of carbonyl (C=O) groups is 1. The second-order valence-corrected chi connectivity index (χ2v) is 6.21. The zero-order chi connectivity index (χ0) is 15.3. The molecule has 116 valence electrons. The molecule has 4 nitrogen and oxygen atoms in total. The third-order valence-corrected chi connectivity index (χ3v) is 4.35. The fourth-order valence-electron chi connectivity index (χ4n) is 2.61. The molecule has 21 heavy (non-hydrogen) atoms. The van der Waals surface area contributed by atoms with Crippen molar-refractivity contribution in [2.45, 2.75) is 45.3 Å². The van der Waals surface area contributed by atoms with Crippen molar-refractivity contribution in [2.75, 3.05) is 13.2 Å². The van der Waals surface area contributed by atoms with E-state index in [2.05, 4.69) is 5.32 Å². The lowest BCUT2D eigenvalue weighted by Gasteiger charge is -2.33. The predicted octanol–water partition coefficient (Wildman–Crippen LogP) is 1.91. The smallest absolute Gasteiger partial charge is 0.249 e. The number of aliphatic hydroxyl groups excluding tert-OH is 1. The first-order valence-corrected chi connectivity index (χ1v) is 7.62. The van der Waals surface area contributed by atoms with Crippen molar-refractivity contribution >= 4 is 5.91 Å². The van der Waals surface area contributed by atoms with Crippen LogP contribution in [0, 0.1) is 5.41 Å². The molecule has 1 aromatic rings. The molecule has 1 aliphatic heterocycles. The maximum atomic E-state index is 12.0. The van der Waals surface area contributed by atoms with E-state index in [4.69, 9.17) is 4.74 Å². The molecule has 2 N–H and O–H groups in total. The Balaban J connectivity index is 1.95. The van der Waals surface area contributed by atoms with Crippen LogP contribution in [0.4, 0.5) is 0 Å². The lowest BCUT2D eigenvalue weighted by atomic mass is 9.79. The Morgan fingerprint density at radius 1 is 1.48 bits per heavy atom. The molecule has 1 fully saturated rings. The van der Waals surface area contributed by atoms with Crippen molar-refractivity contribution in [3.05, 3.63) is 35.9 Å². The second-order valence-electron chi connectivity index (χ2n) is 6.21. The Kier molecular flexibility index (Phi) is 5.37. The number of hydrogen-bond acceptors (Lipinski definition) is 3. The van der Waals surface area contributed by atoms with E-state index < -0.39 is 11.5 Å². The summed E-state index contributed by atoms with van der Waals surface area (Å²) >= 11 is 0. The Bertz CT molecular complexity index is 454. The van der Waals surface area contributed by atoms with Gasteiger partial charge in [0.25, 0.3) is 0 Å². The minimum Gasteiger partial charge on any atom is -0.393 e. The summed E-state index contributed by atoms with van der Waals surface area (Å²) in [7, 11) is 0. The highest BCUT2D eigenvalue weighted by atomic mass is 16.5. The standard InChI is InChI=1S/C17H25NO3/c1-13(19)17(2,11-14-7-4-3-5-8-14)12-18-16(20)15-9-6-10-21-15/h3-5,7-8,13,15,19H,6,9-12H2,1-2H3,(H,18,20)/t13-,15+,17+/m0/s1. The third kappa shape index (κ3) is 4.29. The van der Waals surface area contributed by atoms with Crippen LogP contribution in [-0.4, -0.2) is 36.4 Å². The van der Waals surface area contributed by atoms with Crippen LogP contribution in [0.15, 0.2) is 30.3 Å². The molecule has 1 amide bonds. The minimum atomic E-state index is -0.512. The van der Waals surface area contributed by atoms with Gasteiger partial charge in [0, 0.05) is 18.6 Å². The average molecular weight is 291 g/mol. The van der Waals surface area contributed by atoms with E-state index >= 15 is 0 Å². The van der Waals surface area contributed by atoms with Gasteiger partial charge in [0.15, 0.2) is 0 Å². The van der Waals surface area contributed by atoms with E-state index in [1.807, 2.05) is 37.3 Å². The monoisotopic (exact) mass is 291 g/mol. The van der Waals surface area contributed by atoms with Gasteiger partial charge < -0.3 is 15.2 Å². The number of amides is 1. The normalized spacial score (nSPS) is 22.5. The molecule has 0 aliphatic carbocycles. The van der Waals surface area contributed by atoms with Crippen molar-refractivity contribution in [2.24, 2.45) is 5.41 Å². The molecular weight excluding hydrogens is 266 g/mol. The lowest BCUT2D eigenvalue weighted by molar-refractivity contribution is -0.130. The summed E-state index contributed by atoms with van der Waals surface area (Å²) in [6, 6.07) is 10.0. The molecular formula is C17H25NO3. The SMILES string of the molecule is C[C@H](O)[C@@](C)(CNC(=O)[C@H]1CCCO1)Cc1ccccc1. The number of ether oxygens (including phenoxy) is 1. The number of nitrogens with one attached hydrogen (secondary N) is 1. The minimum absolute atomic E-state index is 0.0626. The quantitative estimate of drug-likeness (QED) is 0.842. The number of aliphatic hydroxyl groups is 1. The van der Waals surface area contributed by atoms with Gasteiger partial charge in [-0.05, 0) is 31.7 Å². The van der Waals surface area contributed by atoms with Crippen LogP contribution in [0.3, 0.4) is 0 Å². The van der Waals surface area contributed by atoms with Crippen molar-refractivity contribution in [1.82, 2.24) is 5.32 Å². The summed E-state index contributed by atoms with van der Waals surface area (Å²) in [6.07, 6.45) is 1.62. The topological polar surface area (TPSA) is 58.6 Å². The van der Waals surface area contributed by atoms with Gasteiger partial charge in [-0.25, -0.2) is 0 Å². The zero-order valence-corrected chi connectivity index (χ0v) is 12.8. The Labute approximate surface area is 126 Å². The van der Waals surface area contributed by atoms with Crippen LogP contribution in [0.2, 0.25) is 0 Å². The summed E-state index contributed by atoms with van der Waals surface area (Å²) in [5, 5.41) is 13.1. The maximum absolute atomic E-state index is 12.0. The predicted molar refractivity (Wildman–Crippen MR) is 81.9 cm³/mol. The first-order chi connectivity index (χ1) is 10.0. The van der Waals surface area contributed by atoms with Gasteiger partial charge in [-0.1, -0.05) is 37.3 Å². The summed E-state index contributed by atoms with van der Waals surface area (Å²) in [6.45, 7) is 4.88. The number of carbonyl (C=O) groups excluding carboxylic acids is 1. The first kappa shape index (κ1) is 16.0. The van der Waals surface area contributed by atoms with Crippen LogP contribution in [0.5, 0.6) is 0 Å².